The molecule has 1 aliphatic heterocycles. The number of hydrogen-bond donors (Lipinski definition) is 1. The number of nitrogens with zero attached hydrogens (tertiary/aromatic N) is 2. The van der Waals surface area contributed by atoms with Gasteiger partial charge in [0, 0.05) is 5.92 Å². The van der Waals surface area contributed by atoms with E-state index in [4.69, 9.17) is 0 Å². The maximum Gasteiger partial charge on any atom is 0.244 e. The number of benzene rings is 3. The summed E-state index contributed by atoms with van der Waals surface area (Å²) in [7, 11) is -3.90. The molecule has 0 aromatic heterocycles. The Bertz CT molecular complexity index is 1190. The van der Waals surface area contributed by atoms with Crippen molar-refractivity contribution in [2.75, 3.05) is 6.61 Å². The van der Waals surface area contributed by atoms with E-state index in [0.29, 0.717) is 5.56 Å². The van der Waals surface area contributed by atoms with E-state index in [0.717, 1.165) is 21.0 Å². The van der Waals surface area contributed by atoms with Gasteiger partial charge >= 0.3 is 0 Å². The number of rotatable bonds is 5. The van der Waals surface area contributed by atoms with Crippen molar-refractivity contribution in [2.45, 2.75) is 29.8 Å². The van der Waals surface area contributed by atoms with E-state index < -0.39 is 22.1 Å². The van der Waals surface area contributed by atoms with Crippen molar-refractivity contribution in [1.29, 1.82) is 5.26 Å². The number of hydrogen-bond acceptors (Lipinski definition) is 4. The summed E-state index contributed by atoms with van der Waals surface area (Å²) in [6, 6.07) is 25.0. The van der Waals surface area contributed by atoms with Crippen LogP contribution in [0.25, 0.3) is 11.1 Å². The molecule has 0 saturated carbocycles. The number of aliphatic hydroxyl groups excluding tert-OH is 1. The lowest BCUT2D eigenvalue weighted by atomic mass is 9.78. The topological polar surface area (TPSA) is 81.4 Å². The van der Waals surface area contributed by atoms with E-state index in [-0.39, 0.29) is 17.4 Å². The number of aryl methyl sites for hydroxylation is 1. The third-order valence-electron chi connectivity index (χ3n) is 5.73. The lowest BCUT2D eigenvalue weighted by Crippen LogP contribution is -2.65. The van der Waals surface area contributed by atoms with Crippen LogP contribution in [0, 0.1) is 18.3 Å². The van der Waals surface area contributed by atoms with Gasteiger partial charge < -0.3 is 5.11 Å². The molecule has 0 unspecified atom stereocenters. The number of sulfonamides is 1. The largest absolute Gasteiger partial charge is 0.395 e. The molecule has 0 spiro atoms. The zero-order chi connectivity index (χ0) is 21.3. The Labute approximate surface area is 176 Å². The first-order valence-corrected chi connectivity index (χ1v) is 11.2. The minimum Gasteiger partial charge on any atom is -0.395 e. The van der Waals surface area contributed by atoms with Gasteiger partial charge in [-0.3, -0.25) is 0 Å². The Morgan fingerprint density at radius 3 is 2.13 bits per heavy atom. The van der Waals surface area contributed by atoms with Gasteiger partial charge in [-0.2, -0.15) is 9.57 Å². The Morgan fingerprint density at radius 2 is 1.53 bits per heavy atom. The highest BCUT2D eigenvalue weighted by Crippen LogP contribution is 2.44. The maximum absolute atomic E-state index is 13.3. The molecule has 5 nitrogen and oxygen atoms in total. The smallest absolute Gasteiger partial charge is 0.244 e. The first-order valence-electron chi connectivity index (χ1n) is 9.74. The molecular weight excluding hydrogens is 396 g/mol. The van der Waals surface area contributed by atoms with Crippen molar-refractivity contribution < 1.29 is 13.5 Å². The van der Waals surface area contributed by atoms with Crippen molar-refractivity contribution in [2.24, 2.45) is 0 Å². The normalized spacial score (nSPS) is 21.6. The second-order valence-corrected chi connectivity index (χ2v) is 9.25. The van der Waals surface area contributed by atoms with Gasteiger partial charge in [0.1, 0.15) is 6.04 Å². The molecule has 0 amide bonds. The fourth-order valence-corrected chi connectivity index (χ4v) is 6.17. The van der Waals surface area contributed by atoms with Crippen LogP contribution in [-0.4, -0.2) is 36.5 Å². The monoisotopic (exact) mass is 418 g/mol. The van der Waals surface area contributed by atoms with Gasteiger partial charge in [0.15, 0.2) is 0 Å². The molecule has 3 aromatic carbocycles. The molecule has 3 aromatic rings. The fourth-order valence-electron chi connectivity index (χ4n) is 4.18. The minimum atomic E-state index is -3.90. The van der Waals surface area contributed by atoms with Crippen molar-refractivity contribution in [3.63, 3.8) is 0 Å². The Kier molecular flexibility index (Phi) is 5.44. The van der Waals surface area contributed by atoms with E-state index in [9.17, 15) is 18.8 Å². The minimum absolute atomic E-state index is 0.168. The van der Waals surface area contributed by atoms with E-state index in [1.165, 1.54) is 6.07 Å². The highest BCUT2D eigenvalue weighted by atomic mass is 32.2. The highest BCUT2D eigenvalue weighted by molar-refractivity contribution is 7.89. The average Bonchev–Trinajstić information content (AvgIpc) is 2.75. The molecule has 0 radical (unpaired) electrons. The summed E-state index contributed by atoms with van der Waals surface area (Å²) in [6.07, 6.45) is 0. The predicted octanol–water partition coefficient (Wildman–Crippen LogP) is 3.70. The van der Waals surface area contributed by atoms with Crippen molar-refractivity contribution in [3.8, 4) is 17.2 Å². The van der Waals surface area contributed by atoms with Crippen LogP contribution in [0.5, 0.6) is 0 Å². The van der Waals surface area contributed by atoms with Gasteiger partial charge in [0.25, 0.3) is 0 Å². The van der Waals surface area contributed by atoms with E-state index in [2.05, 4.69) is 6.07 Å². The maximum atomic E-state index is 13.3. The summed E-state index contributed by atoms with van der Waals surface area (Å²) in [6.45, 7) is 1.37. The van der Waals surface area contributed by atoms with E-state index in [1.807, 2.05) is 54.6 Å². The SMILES string of the molecule is Cc1ccccc1S(=O)(=O)N1[C@H](C#N)[C@H](c2ccc(-c3ccccc3)cc2)[C@H]1CO. The van der Waals surface area contributed by atoms with Gasteiger partial charge in [-0.05, 0) is 35.2 Å². The third-order valence-corrected chi connectivity index (χ3v) is 7.79. The first-order chi connectivity index (χ1) is 14.5. The predicted molar refractivity (Wildman–Crippen MR) is 115 cm³/mol. The average molecular weight is 419 g/mol. The number of aliphatic hydroxyl groups is 1. The van der Waals surface area contributed by atoms with Crippen LogP contribution in [0.4, 0.5) is 0 Å². The van der Waals surface area contributed by atoms with Crippen LogP contribution in [0.3, 0.4) is 0 Å². The van der Waals surface area contributed by atoms with Crippen molar-refractivity contribution in [1.82, 2.24) is 4.31 Å². The second-order valence-electron chi connectivity index (χ2n) is 7.44. The molecule has 6 heteroatoms. The summed E-state index contributed by atoms with van der Waals surface area (Å²) in [5.74, 6) is -0.386. The zero-order valence-corrected chi connectivity index (χ0v) is 17.3. The molecule has 4 rings (SSSR count). The van der Waals surface area contributed by atoms with Crippen LogP contribution in [0.1, 0.15) is 17.0 Å². The Morgan fingerprint density at radius 1 is 0.933 bits per heavy atom. The van der Waals surface area contributed by atoms with Crippen molar-refractivity contribution >= 4 is 10.0 Å². The number of nitriles is 1. The molecule has 1 N–H and O–H groups in total. The van der Waals surface area contributed by atoms with Gasteiger partial charge in [-0.25, -0.2) is 8.42 Å². The van der Waals surface area contributed by atoms with Crippen LogP contribution in [-0.2, 0) is 10.0 Å². The molecule has 1 saturated heterocycles. The summed E-state index contributed by atoms with van der Waals surface area (Å²) < 4.78 is 27.7. The molecule has 1 heterocycles. The summed E-state index contributed by atoms with van der Waals surface area (Å²) >= 11 is 0. The summed E-state index contributed by atoms with van der Waals surface area (Å²) in [5.41, 5.74) is 3.58. The molecular formula is C24H22N2O3S. The first kappa shape index (κ1) is 20.3. The van der Waals surface area contributed by atoms with Crippen LogP contribution in [0.2, 0.25) is 0 Å². The third kappa shape index (κ3) is 3.31. The highest BCUT2D eigenvalue weighted by Gasteiger charge is 2.55. The summed E-state index contributed by atoms with van der Waals surface area (Å²) in [5, 5.41) is 19.8. The van der Waals surface area contributed by atoms with Gasteiger partial charge in [-0.1, -0.05) is 72.8 Å². The molecule has 0 bridgehead atoms. The molecule has 30 heavy (non-hydrogen) atoms. The lowest BCUT2D eigenvalue weighted by Gasteiger charge is -2.50. The van der Waals surface area contributed by atoms with Gasteiger partial charge in [0.2, 0.25) is 10.0 Å². The molecule has 1 fully saturated rings. The van der Waals surface area contributed by atoms with Crippen LogP contribution < -0.4 is 0 Å². The zero-order valence-electron chi connectivity index (χ0n) is 16.5. The molecule has 0 aliphatic carbocycles. The molecule has 1 aliphatic rings. The molecule has 152 valence electrons. The van der Waals surface area contributed by atoms with E-state index in [1.54, 1.807) is 25.1 Å². The van der Waals surface area contributed by atoms with Crippen molar-refractivity contribution in [3.05, 3.63) is 90.0 Å². The second kappa shape index (κ2) is 8.04. The Hall–Kier alpha value is -2.98. The lowest BCUT2D eigenvalue weighted by molar-refractivity contribution is 0.0556. The van der Waals surface area contributed by atoms with Crippen LogP contribution >= 0.6 is 0 Å². The van der Waals surface area contributed by atoms with Crippen LogP contribution in [0.15, 0.2) is 83.8 Å². The van der Waals surface area contributed by atoms with Gasteiger partial charge in [0.05, 0.1) is 23.6 Å². The molecule has 3 atom stereocenters. The fraction of sp³-hybridized carbons (Fsp3) is 0.208. The van der Waals surface area contributed by atoms with E-state index >= 15 is 0 Å². The Balaban J connectivity index is 1.66. The standard InChI is InChI=1S/C24H22N2O3S/c1-17-7-5-6-10-23(17)30(28,29)26-21(15-25)24(22(26)16-27)20-13-11-19(12-14-20)18-8-3-2-4-9-18/h2-14,21-22,24,27H,16H2,1H3/t21-,22-,24+/m1/s1. The summed E-state index contributed by atoms with van der Waals surface area (Å²) in [4.78, 5) is 0.168. The quantitative estimate of drug-likeness (QED) is 0.685. The van der Waals surface area contributed by atoms with Gasteiger partial charge in [-0.15, -0.1) is 0 Å².